The summed E-state index contributed by atoms with van der Waals surface area (Å²) in [4.78, 5) is 0. The molecule has 2 aliphatic rings. The lowest BCUT2D eigenvalue weighted by Gasteiger charge is -2.55. The molecule has 2 rings (SSSR count). The van der Waals surface area contributed by atoms with Gasteiger partial charge in [0.05, 0.1) is 0 Å². The minimum atomic E-state index is -1.18. The molecule has 2 aliphatic carbocycles. The van der Waals surface area contributed by atoms with Crippen molar-refractivity contribution < 1.29 is 0 Å². The largest absolute Gasteiger partial charge is 0.196 e. The van der Waals surface area contributed by atoms with Crippen LogP contribution in [0, 0.1) is 28.1 Å². The van der Waals surface area contributed by atoms with Crippen LogP contribution < -0.4 is 0 Å². The fourth-order valence-electron chi connectivity index (χ4n) is 5.22. The van der Waals surface area contributed by atoms with Crippen LogP contribution in [0.2, 0.25) is 0 Å². The first-order chi connectivity index (χ1) is 9.87. The summed E-state index contributed by atoms with van der Waals surface area (Å²) in [5.41, 5.74) is 0.543. The van der Waals surface area contributed by atoms with Crippen molar-refractivity contribution in [3.05, 3.63) is 0 Å². The van der Waals surface area contributed by atoms with E-state index in [9.17, 15) is 0 Å². The average molecular weight is 368 g/mol. The van der Waals surface area contributed by atoms with Gasteiger partial charge in [-0.1, -0.05) is 82.3 Å². The van der Waals surface area contributed by atoms with Crippen molar-refractivity contribution in [3.8, 4) is 0 Å². The van der Waals surface area contributed by atoms with Crippen LogP contribution in [0.25, 0.3) is 0 Å². The maximum absolute atomic E-state index is 6.62. The minimum absolute atomic E-state index is 0.215. The van der Waals surface area contributed by atoms with Gasteiger partial charge in [0.2, 0.25) is 0 Å². The molecule has 0 nitrogen and oxygen atoms in total. The van der Waals surface area contributed by atoms with Crippen molar-refractivity contribution in [2.75, 3.05) is 0 Å². The van der Waals surface area contributed by atoms with Crippen molar-refractivity contribution >= 4 is 34.8 Å². The van der Waals surface area contributed by atoms with E-state index in [2.05, 4.69) is 34.6 Å². The van der Waals surface area contributed by atoms with Crippen LogP contribution in [0.4, 0.5) is 0 Å². The number of hydrogen-bond acceptors (Lipinski definition) is 0. The van der Waals surface area contributed by atoms with Gasteiger partial charge in [-0.2, -0.15) is 0 Å². The topological polar surface area (TPSA) is 0 Å². The molecule has 2 unspecified atom stereocenters. The van der Waals surface area contributed by atoms with Gasteiger partial charge in [0.1, 0.15) is 0 Å². The summed E-state index contributed by atoms with van der Waals surface area (Å²) in [6, 6.07) is 0. The molecule has 0 saturated heterocycles. The third-order valence-corrected chi connectivity index (χ3v) is 7.94. The molecule has 0 bridgehead atoms. The summed E-state index contributed by atoms with van der Waals surface area (Å²) in [6.45, 7) is 11.8. The molecule has 2 saturated carbocycles. The molecule has 0 aliphatic heterocycles. The third kappa shape index (κ3) is 3.92. The van der Waals surface area contributed by atoms with E-state index in [1.807, 2.05) is 0 Å². The van der Waals surface area contributed by atoms with Crippen molar-refractivity contribution in [2.24, 2.45) is 28.1 Å². The Morgan fingerprint density at radius 2 is 1.14 bits per heavy atom. The van der Waals surface area contributed by atoms with Crippen LogP contribution >= 0.6 is 34.8 Å². The first kappa shape index (κ1) is 19.2. The summed E-state index contributed by atoms with van der Waals surface area (Å²) in [5.74, 6) is 1.03. The maximum atomic E-state index is 6.62. The van der Waals surface area contributed by atoms with Gasteiger partial charge < -0.3 is 0 Å². The second-order valence-electron chi connectivity index (χ2n) is 9.70. The highest BCUT2D eigenvalue weighted by molar-refractivity contribution is 6.68. The van der Waals surface area contributed by atoms with Gasteiger partial charge in [0.15, 0.2) is 3.79 Å². The molecule has 0 heterocycles. The second kappa shape index (κ2) is 6.30. The van der Waals surface area contributed by atoms with Crippen molar-refractivity contribution in [1.29, 1.82) is 0 Å². The van der Waals surface area contributed by atoms with Gasteiger partial charge in [-0.3, -0.25) is 0 Å². The zero-order valence-corrected chi connectivity index (χ0v) is 17.2. The van der Waals surface area contributed by atoms with E-state index in [0.717, 1.165) is 0 Å². The fourth-order valence-corrected chi connectivity index (χ4v) is 6.14. The third-order valence-electron chi connectivity index (χ3n) is 6.72. The van der Waals surface area contributed by atoms with Gasteiger partial charge in [0.25, 0.3) is 0 Å². The van der Waals surface area contributed by atoms with Gasteiger partial charge >= 0.3 is 0 Å². The van der Waals surface area contributed by atoms with Gasteiger partial charge in [-0.15, -0.1) is 0 Å². The van der Waals surface area contributed by atoms with Crippen LogP contribution in [0.5, 0.6) is 0 Å². The Bertz CT molecular complexity index is 364. The lowest BCUT2D eigenvalue weighted by molar-refractivity contribution is -0.0124. The Hall–Kier alpha value is 0.870. The predicted octanol–water partition coefficient (Wildman–Crippen LogP) is 7.80. The molecule has 0 aromatic heterocycles. The lowest BCUT2D eigenvalue weighted by atomic mass is 9.54. The van der Waals surface area contributed by atoms with E-state index in [-0.39, 0.29) is 5.41 Å². The number of alkyl halides is 3. The Morgan fingerprint density at radius 1 is 0.773 bits per heavy atom. The first-order valence-electron chi connectivity index (χ1n) is 8.94. The zero-order chi connectivity index (χ0) is 16.8. The van der Waals surface area contributed by atoms with Crippen LogP contribution in [-0.4, -0.2) is 3.79 Å². The Balaban J connectivity index is 2.32. The van der Waals surface area contributed by atoms with Gasteiger partial charge in [0, 0.05) is 5.41 Å². The van der Waals surface area contributed by atoms with Crippen LogP contribution in [0.15, 0.2) is 0 Å². The van der Waals surface area contributed by atoms with Gasteiger partial charge in [-0.05, 0) is 61.2 Å². The summed E-state index contributed by atoms with van der Waals surface area (Å²) in [6.07, 6.45) is 9.94. The zero-order valence-electron chi connectivity index (χ0n) is 14.9. The van der Waals surface area contributed by atoms with E-state index >= 15 is 0 Å². The fraction of sp³-hybridized carbons (Fsp3) is 1.00. The van der Waals surface area contributed by atoms with Crippen molar-refractivity contribution in [2.45, 2.75) is 89.8 Å². The molecule has 2 atom stereocenters. The highest BCUT2D eigenvalue weighted by Crippen LogP contribution is 2.63. The molecule has 130 valence electrons. The monoisotopic (exact) mass is 366 g/mol. The van der Waals surface area contributed by atoms with Crippen molar-refractivity contribution in [1.82, 2.24) is 0 Å². The minimum Gasteiger partial charge on any atom is -0.0830 e. The first-order valence-corrected chi connectivity index (χ1v) is 10.1. The lowest BCUT2D eigenvalue weighted by Crippen LogP contribution is -2.50. The van der Waals surface area contributed by atoms with Crippen LogP contribution in [-0.2, 0) is 0 Å². The molecule has 2 fully saturated rings. The molecule has 0 spiro atoms. The average Bonchev–Trinajstić information content (AvgIpc) is 2.33. The van der Waals surface area contributed by atoms with Crippen molar-refractivity contribution in [3.63, 3.8) is 0 Å². The van der Waals surface area contributed by atoms with E-state index in [4.69, 9.17) is 34.8 Å². The summed E-state index contributed by atoms with van der Waals surface area (Å²) in [5, 5.41) is 0. The molecular weight excluding hydrogens is 335 g/mol. The number of halogens is 3. The van der Waals surface area contributed by atoms with E-state index < -0.39 is 3.79 Å². The highest BCUT2D eigenvalue weighted by atomic mass is 35.6. The van der Waals surface area contributed by atoms with E-state index in [0.29, 0.717) is 22.7 Å². The smallest absolute Gasteiger partial charge is 0.0830 e. The summed E-state index contributed by atoms with van der Waals surface area (Å²) in [7, 11) is 0. The van der Waals surface area contributed by atoms with E-state index in [1.165, 1.54) is 51.4 Å². The summed E-state index contributed by atoms with van der Waals surface area (Å²) >= 11 is 19.9. The summed E-state index contributed by atoms with van der Waals surface area (Å²) < 4.78 is -1.18. The SMILES string of the molecule is CC1(C)CCCC(C(C)(C2CCCC(C)(C)C2)C(Cl)(Cl)Cl)C1. The Kier molecular flexibility index (Phi) is 5.50. The quantitative estimate of drug-likeness (QED) is 0.437. The molecular formula is C19H33Cl3. The van der Waals surface area contributed by atoms with E-state index in [1.54, 1.807) is 0 Å². The Labute approximate surface area is 152 Å². The molecule has 0 aromatic rings. The van der Waals surface area contributed by atoms with Crippen LogP contribution in [0.1, 0.15) is 86.0 Å². The normalized spacial score (nSPS) is 34.9. The second-order valence-corrected chi connectivity index (χ2v) is 12.0. The molecule has 3 heteroatoms. The predicted molar refractivity (Wildman–Crippen MR) is 99.9 cm³/mol. The molecule has 0 amide bonds. The molecule has 0 N–H and O–H groups in total. The van der Waals surface area contributed by atoms with Gasteiger partial charge in [-0.25, -0.2) is 0 Å². The van der Waals surface area contributed by atoms with Crippen LogP contribution in [0.3, 0.4) is 0 Å². The Morgan fingerprint density at radius 3 is 1.41 bits per heavy atom. The maximum Gasteiger partial charge on any atom is 0.196 e. The number of hydrogen-bond donors (Lipinski definition) is 0. The highest BCUT2D eigenvalue weighted by Gasteiger charge is 2.56. The molecule has 0 aromatic carbocycles. The number of rotatable bonds is 2. The molecule has 0 radical (unpaired) electrons. The molecule has 22 heavy (non-hydrogen) atoms. The standard InChI is InChI=1S/C19H33Cl3/c1-16(2)10-6-8-14(12-16)18(5,19(20,21)22)15-9-7-11-17(3,4)13-15/h14-15H,6-13H2,1-5H3.